The van der Waals surface area contributed by atoms with Gasteiger partial charge >= 0.3 is 0 Å². The Balaban J connectivity index is 0. The Morgan fingerprint density at radius 3 is 2.31 bits per heavy atom. The van der Waals surface area contributed by atoms with E-state index >= 15 is 0 Å². The van der Waals surface area contributed by atoms with Gasteiger partial charge in [-0.2, -0.15) is 0 Å². The molecule has 13 heavy (non-hydrogen) atoms. The van der Waals surface area contributed by atoms with Crippen LogP contribution in [0.25, 0.3) is 0 Å². The smallest absolute Gasteiger partial charge is 0.188 e. The van der Waals surface area contributed by atoms with Crippen LogP contribution in [-0.2, 0) is 9.47 Å². The fraction of sp³-hybridized carbons (Fsp3) is 0.857. The minimum atomic E-state index is -0.375. The van der Waals surface area contributed by atoms with Gasteiger partial charge in [0.25, 0.3) is 0 Å². The van der Waals surface area contributed by atoms with E-state index in [0.717, 1.165) is 0 Å². The molecular formula is C7H18IN3O2. The highest BCUT2D eigenvalue weighted by Crippen LogP contribution is 1.94. The summed E-state index contributed by atoms with van der Waals surface area (Å²) in [6, 6.07) is 0. The first-order chi connectivity index (χ1) is 5.70. The van der Waals surface area contributed by atoms with Crippen LogP contribution in [0.2, 0.25) is 0 Å². The van der Waals surface area contributed by atoms with Gasteiger partial charge in [0, 0.05) is 13.2 Å². The minimum Gasteiger partial charge on any atom is -0.377 e. The van der Waals surface area contributed by atoms with Crippen LogP contribution >= 0.6 is 24.0 Å². The molecule has 5 nitrogen and oxygen atoms in total. The lowest BCUT2D eigenvalue weighted by molar-refractivity contribution is -0.00315. The van der Waals surface area contributed by atoms with E-state index in [4.69, 9.17) is 20.9 Å². The Hall–Kier alpha value is -0.0800. The number of ether oxygens (including phenoxy) is 2. The molecule has 1 unspecified atom stereocenters. The third kappa shape index (κ3) is 9.84. The number of rotatable bonds is 6. The third-order valence-corrected chi connectivity index (χ3v) is 1.12. The predicted octanol–water partition coefficient (Wildman–Crippen LogP) is 0.277. The topological polar surface area (TPSA) is 82.9 Å². The molecule has 4 N–H and O–H groups in total. The molecule has 0 amide bonds. The van der Waals surface area contributed by atoms with Gasteiger partial charge in [-0.1, -0.05) is 0 Å². The van der Waals surface area contributed by atoms with Crippen LogP contribution in [-0.4, -0.2) is 32.0 Å². The van der Waals surface area contributed by atoms with Gasteiger partial charge in [0.15, 0.2) is 12.2 Å². The van der Waals surface area contributed by atoms with Crippen LogP contribution in [0.1, 0.15) is 13.8 Å². The molecule has 0 rings (SSSR count). The Morgan fingerprint density at radius 2 is 1.92 bits per heavy atom. The number of hydrogen-bond donors (Lipinski definition) is 2. The second-order valence-corrected chi connectivity index (χ2v) is 2.12. The molecule has 80 valence electrons. The Morgan fingerprint density at radius 1 is 1.31 bits per heavy atom. The van der Waals surface area contributed by atoms with Crippen molar-refractivity contribution >= 4 is 29.9 Å². The highest BCUT2D eigenvalue weighted by Gasteiger charge is 2.05. The molecule has 0 saturated heterocycles. The van der Waals surface area contributed by atoms with E-state index in [1.807, 2.05) is 13.8 Å². The first kappa shape index (κ1) is 15.4. The number of halogens is 1. The van der Waals surface area contributed by atoms with Crippen molar-refractivity contribution in [3.8, 4) is 0 Å². The molecule has 0 radical (unpaired) electrons. The molecule has 0 aromatic heterocycles. The quantitative estimate of drug-likeness (QED) is 0.419. The summed E-state index contributed by atoms with van der Waals surface area (Å²) in [6.07, 6.45) is -0.375. The van der Waals surface area contributed by atoms with Crippen LogP contribution in [0.4, 0.5) is 0 Å². The summed E-state index contributed by atoms with van der Waals surface area (Å²) in [5, 5.41) is 0. The van der Waals surface area contributed by atoms with Gasteiger partial charge in [-0.15, -0.1) is 24.0 Å². The fourth-order valence-corrected chi connectivity index (χ4v) is 0.700. The fourth-order valence-electron chi connectivity index (χ4n) is 0.700. The molecule has 0 heterocycles. The summed E-state index contributed by atoms with van der Waals surface area (Å²) in [5.41, 5.74) is 10.4. The van der Waals surface area contributed by atoms with Gasteiger partial charge < -0.3 is 20.9 Å². The van der Waals surface area contributed by atoms with Crippen molar-refractivity contribution in [1.29, 1.82) is 0 Å². The first-order valence-electron chi connectivity index (χ1n) is 3.98. The maximum Gasteiger partial charge on any atom is 0.188 e. The number of aliphatic imine (C=N–C) groups is 1. The van der Waals surface area contributed by atoms with Crippen LogP contribution in [0, 0.1) is 0 Å². The molecule has 0 bridgehead atoms. The van der Waals surface area contributed by atoms with Crippen molar-refractivity contribution in [1.82, 2.24) is 0 Å². The lowest BCUT2D eigenvalue weighted by atomic mass is 10.6. The largest absolute Gasteiger partial charge is 0.377 e. The zero-order chi connectivity index (χ0) is 9.40. The second kappa shape index (κ2) is 10.0. The van der Waals surface area contributed by atoms with E-state index in [9.17, 15) is 0 Å². The standard InChI is InChI=1S/C7H17N3O2.HI/c1-3-11-5-6(12-4-2)10-7(8)9;/h6H,3-5H2,1-2H3,(H4,8,9,10);1H. The zero-order valence-corrected chi connectivity index (χ0v) is 10.4. The maximum atomic E-state index is 5.19. The summed E-state index contributed by atoms with van der Waals surface area (Å²) in [5.74, 6) is 0.0214. The van der Waals surface area contributed by atoms with Gasteiger partial charge in [0.2, 0.25) is 0 Å². The Labute approximate surface area is 95.9 Å². The van der Waals surface area contributed by atoms with Crippen molar-refractivity contribution in [3.63, 3.8) is 0 Å². The van der Waals surface area contributed by atoms with E-state index in [1.165, 1.54) is 0 Å². The summed E-state index contributed by atoms with van der Waals surface area (Å²) in [6.45, 7) is 5.36. The molecule has 0 fully saturated rings. The molecule has 0 aliphatic heterocycles. The molecule has 0 spiro atoms. The van der Waals surface area contributed by atoms with Crippen LogP contribution in [0.3, 0.4) is 0 Å². The van der Waals surface area contributed by atoms with E-state index in [2.05, 4.69) is 4.99 Å². The number of nitrogens with two attached hydrogens (primary N) is 2. The minimum absolute atomic E-state index is 0. The SMILES string of the molecule is CCOCC(N=C(N)N)OCC.I. The van der Waals surface area contributed by atoms with Gasteiger partial charge in [0.05, 0.1) is 6.61 Å². The highest BCUT2D eigenvalue weighted by atomic mass is 127. The average Bonchev–Trinajstić information content (AvgIpc) is 2.00. The van der Waals surface area contributed by atoms with Gasteiger partial charge in [0.1, 0.15) is 0 Å². The average molecular weight is 303 g/mol. The summed E-state index contributed by atoms with van der Waals surface area (Å²) in [7, 11) is 0. The van der Waals surface area contributed by atoms with Crippen LogP contribution < -0.4 is 11.5 Å². The normalized spacial score (nSPS) is 11.5. The van der Waals surface area contributed by atoms with Crippen molar-refractivity contribution in [2.45, 2.75) is 20.1 Å². The Kier molecular flexibility index (Phi) is 11.8. The molecule has 6 heteroatoms. The van der Waals surface area contributed by atoms with Crippen LogP contribution in [0.15, 0.2) is 4.99 Å². The van der Waals surface area contributed by atoms with E-state index in [0.29, 0.717) is 19.8 Å². The second-order valence-electron chi connectivity index (χ2n) is 2.12. The molecular weight excluding hydrogens is 285 g/mol. The molecule has 0 aromatic rings. The zero-order valence-electron chi connectivity index (χ0n) is 8.03. The Bertz CT molecular complexity index is 140. The van der Waals surface area contributed by atoms with Crippen LogP contribution in [0.5, 0.6) is 0 Å². The summed E-state index contributed by atoms with van der Waals surface area (Å²) in [4.78, 5) is 3.83. The summed E-state index contributed by atoms with van der Waals surface area (Å²) < 4.78 is 10.3. The molecule has 0 saturated carbocycles. The molecule has 0 aliphatic rings. The van der Waals surface area contributed by atoms with Gasteiger partial charge in [-0.3, -0.25) is 0 Å². The van der Waals surface area contributed by atoms with E-state index in [1.54, 1.807) is 0 Å². The van der Waals surface area contributed by atoms with Gasteiger partial charge in [-0.05, 0) is 13.8 Å². The number of nitrogens with zero attached hydrogens (tertiary/aromatic N) is 1. The van der Waals surface area contributed by atoms with Gasteiger partial charge in [-0.25, -0.2) is 4.99 Å². The van der Waals surface area contributed by atoms with E-state index < -0.39 is 0 Å². The van der Waals surface area contributed by atoms with Crippen molar-refractivity contribution in [3.05, 3.63) is 0 Å². The van der Waals surface area contributed by atoms with Crippen molar-refractivity contribution in [2.24, 2.45) is 16.5 Å². The number of guanidine groups is 1. The lowest BCUT2D eigenvalue weighted by Crippen LogP contribution is -2.28. The lowest BCUT2D eigenvalue weighted by Gasteiger charge is -2.11. The molecule has 1 atom stereocenters. The van der Waals surface area contributed by atoms with Crippen molar-refractivity contribution < 1.29 is 9.47 Å². The first-order valence-corrected chi connectivity index (χ1v) is 3.98. The third-order valence-electron chi connectivity index (χ3n) is 1.12. The maximum absolute atomic E-state index is 5.19. The number of hydrogen-bond acceptors (Lipinski definition) is 3. The predicted molar refractivity (Wildman–Crippen MR) is 63.1 cm³/mol. The molecule has 0 aliphatic carbocycles. The molecule has 0 aromatic carbocycles. The highest BCUT2D eigenvalue weighted by molar-refractivity contribution is 14.0. The van der Waals surface area contributed by atoms with Crippen molar-refractivity contribution in [2.75, 3.05) is 19.8 Å². The summed E-state index contributed by atoms with van der Waals surface area (Å²) >= 11 is 0. The van der Waals surface area contributed by atoms with E-state index in [-0.39, 0.29) is 36.2 Å². The monoisotopic (exact) mass is 303 g/mol.